The second-order valence-electron chi connectivity index (χ2n) is 5.85. The van der Waals surface area contributed by atoms with Crippen molar-refractivity contribution in [3.05, 3.63) is 28.3 Å². The summed E-state index contributed by atoms with van der Waals surface area (Å²) in [6.07, 6.45) is 6.55. The van der Waals surface area contributed by atoms with Crippen LogP contribution in [-0.2, 0) is 35.2 Å². The average molecular weight is 302 g/mol. The summed E-state index contributed by atoms with van der Waals surface area (Å²) < 4.78 is 4.81. The number of ether oxygens (including phenoxy) is 1. The van der Waals surface area contributed by atoms with Crippen LogP contribution in [0.4, 0.5) is 10.5 Å². The van der Waals surface area contributed by atoms with Crippen molar-refractivity contribution in [3.63, 3.8) is 0 Å². The highest BCUT2D eigenvalue weighted by molar-refractivity contribution is 5.93. The fraction of sp³-hybridized carbons (Fsp3) is 0.529. The number of hydrogen-bond acceptors (Lipinski definition) is 3. The van der Waals surface area contributed by atoms with E-state index < -0.39 is 5.97 Å². The minimum absolute atomic E-state index is 0.100. The van der Waals surface area contributed by atoms with Crippen molar-refractivity contribution >= 4 is 17.7 Å². The molecule has 118 valence electrons. The molecule has 0 heterocycles. The number of amides is 2. The molecule has 3 rings (SSSR count). The van der Waals surface area contributed by atoms with Crippen LogP contribution < -0.4 is 10.6 Å². The Hall–Kier alpha value is -2.04. The van der Waals surface area contributed by atoms with Gasteiger partial charge in [0, 0.05) is 5.69 Å². The van der Waals surface area contributed by atoms with Gasteiger partial charge in [0.05, 0.1) is 6.61 Å². The normalized spacial score (nSPS) is 15.1. The number of carbonyl (C=O) groups is 2. The van der Waals surface area contributed by atoms with Crippen molar-refractivity contribution in [1.29, 1.82) is 0 Å². The third-order valence-corrected chi connectivity index (χ3v) is 4.41. The standard InChI is InChI=1S/C17H22N2O3/c1-2-22-15(20)10-18-17(21)19-16-13-7-3-5-11(13)9-12-6-4-8-14(12)16/h9H,2-8,10H2,1H3,(H2,18,19,21). The Bertz CT molecular complexity index is 578. The van der Waals surface area contributed by atoms with Crippen LogP contribution in [0.25, 0.3) is 0 Å². The Morgan fingerprint density at radius 2 is 1.73 bits per heavy atom. The fourth-order valence-electron chi connectivity index (χ4n) is 3.49. The maximum Gasteiger partial charge on any atom is 0.325 e. The van der Waals surface area contributed by atoms with Gasteiger partial charge in [-0.3, -0.25) is 4.79 Å². The smallest absolute Gasteiger partial charge is 0.325 e. The van der Waals surface area contributed by atoms with Gasteiger partial charge in [-0.15, -0.1) is 0 Å². The SMILES string of the molecule is CCOC(=O)CNC(=O)Nc1c2c(cc3c1CCC3)CCC2. The van der Waals surface area contributed by atoms with E-state index in [1.54, 1.807) is 6.92 Å². The second kappa shape index (κ2) is 6.38. The molecule has 0 aromatic heterocycles. The van der Waals surface area contributed by atoms with E-state index in [4.69, 9.17) is 4.74 Å². The van der Waals surface area contributed by atoms with E-state index in [0.717, 1.165) is 44.2 Å². The minimum atomic E-state index is -0.416. The lowest BCUT2D eigenvalue weighted by Crippen LogP contribution is -2.34. The maximum absolute atomic E-state index is 12.1. The molecule has 2 aliphatic carbocycles. The molecule has 0 spiro atoms. The van der Waals surface area contributed by atoms with E-state index in [1.807, 2.05) is 0 Å². The lowest BCUT2D eigenvalue weighted by atomic mass is 9.99. The summed E-state index contributed by atoms with van der Waals surface area (Å²) in [5, 5.41) is 5.56. The summed E-state index contributed by atoms with van der Waals surface area (Å²) in [6.45, 7) is 1.97. The summed E-state index contributed by atoms with van der Waals surface area (Å²) in [6, 6.07) is 1.99. The van der Waals surface area contributed by atoms with Gasteiger partial charge >= 0.3 is 12.0 Å². The van der Waals surface area contributed by atoms with Crippen molar-refractivity contribution in [1.82, 2.24) is 5.32 Å². The van der Waals surface area contributed by atoms with Crippen LogP contribution in [0.2, 0.25) is 0 Å². The summed E-state index contributed by atoms with van der Waals surface area (Å²) in [5.74, 6) is -0.416. The van der Waals surface area contributed by atoms with E-state index in [-0.39, 0.29) is 12.6 Å². The zero-order valence-corrected chi connectivity index (χ0v) is 13.0. The predicted molar refractivity (Wildman–Crippen MR) is 84.1 cm³/mol. The third-order valence-electron chi connectivity index (χ3n) is 4.41. The van der Waals surface area contributed by atoms with Crippen LogP contribution in [0.5, 0.6) is 0 Å². The van der Waals surface area contributed by atoms with Gasteiger partial charge in [-0.2, -0.15) is 0 Å². The Morgan fingerprint density at radius 3 is 2.32 bits per heavy atom. The highest BCUT2D eigenvalue weighted by atomic mass is 16.5. The van der Waals surface area contributed by atoms with Crippen LogP contribution in [0.3, 0.4) is 0 Å². The quantitative estimate of drug-likeness (QED) is 0.839. The number of carbonyl (C=O) groups excluding carboxylic acids is 2. The van der Waals surface area contributed by atoms with Crippen molar-refractivity contribution in [2.75, 3.05) is 18.5 Å². The molecular formula is C17H22N2O3. The van der Waals surface area contributed by atoms with Crippen LogP contribution in [-0.4, -0.2) is 25.2 Å². The van der Waals surface area contributed by atoms with Gasteiger partial charge in [-0.1, -0.05) is 6.07 Å². The Morgan fingerprint density at radius 1 is 1.09 bits per heavy atom. The number of urea groups is 1. The first-order valence-electron chi connectivity index (χ1n) is 8.06. The number of hydrogen-bond donors (Lipinski definition) is 2. The molecular weight excluding hydrogens is 280 g/mol. The highest BCUT2D eigenvalue weighted by Gasteiger charge is 2.24. The summed E-state index contributed by atoms with van der Waals surface area (Å²) >= 11 is 0. The zero-order valence-electron chi connectivity index (χ0n) is 13.0. The number of rotatable bonds is 4. The maximum atomic E-state index is 12.1. The Kier molecular flexibility index (Phi) is 4.32. The molecule has 1 aromatic rings. The molecule has 2 amide bonds. The number of benzene rings is 1. The molecule has 2 aliphatic rings. The van der Waals surface area contributed by atoms with Crippen molar-refractivity contribution in [2.45, 2.75) is 45.4 Å². The minimum Gasteiger partial charge on any atom is -0.465 e. The highest BCUT2D eigenvalue weighted by Crippen LogP contribution is 2.38. The number of anilines is 1. The van der Waals surface area contributed by atoms with Crippen LogP contribution >= 0.6 is 0 Å². The molecule has 0 bridgehead atoms. The molecule has 5 heteroatoms. The summed E-state index contributed by atoms with van der Waals surface area (Å²) in [5.41, 5.74) is 6.31. The number of aryl methyl sites for hydroxylation is 2. The van der Waals surface area contributed by atoms with E-state index in [1.165, 1.54) is 22.3 Å². The first-order valence-corrected chi connectivity index (χ1v) is 8.06. The van der Waals surface area contributed by atoms with Gasteiger partial charge in [0.15, 0.2) is 0 Å². The van der Waals surface area contributed by atoms with E-state index in [9.17, 15) is 9.59 Å². The molecule has 0 radical (unpaired) electrons. The van der Waals surface area contributed by atoms with E-state index in [2.05, 4.69) is 16.7 Å². The Labute approximate surface area is 130 Å². The molecule has 0 fully saturated rings. The first-order chi connectivity index (χ1) is 10.7. The lowest BCUT2D eigenvalue weighted by Gasteiger charge is -2.16. The topological polar surface area (TPSA) is 67.4 Å². The second-order valence-corrected chi connectivity index (χ2v) is 5.85. The molecule has 1 aromatic carbocycles. The number of nitrogens with one attached hydrogen (secondary N) is 2. The summed E-state index contributed by atoms with van der Waals surface area (Å²) in [7, 11) is 0. The van der Waals surface area contributed by atoms with Gasteiger partial charge in [0.1, 0.15) is 6.54 Å². The number of fused-ring (bicyclic) bond motifs is 2. The molecule has 0 saturated carbocycles. The zero-order chi connectivity index (χ0) is 15.5. The largest absolute Gasteiger partial charge is 0.465 e. The van der Waals surface area contributed by atoms with Crippen LogP contribution in [0, 0.1) is 0 Å². The van der Waals surface area contributed by atoms with Gasteiger partial charge in [0.2, 0.25) is 0 Å². The molecule has 0 saturated heterocycles. The average Bonchev–Trinajstić information content (AvgIpc) is 3.13. The van der Waals surface area contributed by atoms with Crippen molar-refractivity contribution in [3.8, 4) is 0 Å². The molecule has 0 unspecified atom stereocenters. The monoisotopic (exact) mass is 302 g/mol. The van der Waals surface area contributed by atoms with Gasteiger partial charge in [-0.05, 0) is 67.7 Å². The third kappa shape index (κ3) is 2.93. The number of esters is 1. The van der Waals surface area contributed by atoms with Crippen LogP contribution in [0.15, 0.2) is 6.07 Å². The van der Waals surface area contributed by atoms with E-state index >= 15 is 0 Å². The predicted octanol–water partition coefficient (Wildman–Crippen LogP) is 2.35. The lowest BCUT2D eigenvalue weighted by molar-refractivity contribution is -0.141. The Balaban J connectivity index is 1.72. The molecule has 0 atom stereocenters. The molecule has 22 heavy (non-hydrogen) atoms. The molecule has 5 nitrogen and oxygen atoms in total. The van der Waals surface area contributed by atoms with Gasteiger partial charge in [0.25, 0.3) is 0 Å². The molecule has 2 N–H and O–H groups in total. The molecule has 0 aliphatic heterocycles. The van der Waals surface area contributed by atoms with Crippen molar-refractivity contribution < 1.29 is 14.3 Å². The van der Waals surface area contributed by atoms with Gasteiger partial charge in [-0.25, -0.2) is 4.79 Å². The summed E-state index contributed by atoms with van der Waals surface area (Å²) in [4.78, 5) is 23.4. The fourth-order valence-corrected chi connectivity index (χ4v) is 3.49. The van der Waals surface area contributed by atoms with E-state index in [0.29, 0.717) is 6.61 Å². The van der Waals surface area contributed by atoms with Crippen molar-refractivity contribution in [2.24, 2.45) is 0 Å². The first kappa shape index (κ1) is 14.9. The van der Waals surface area contributed by atoms with Crippen LogP contribution in [0.1, 0.15) is 42.0 Å². The van der Waals surface area contributed by atoms with Gasteiger partial charge < -0.3 is 15.4 Å².